The highest BCUT2D eigenvalue weighted by Gasteiger charge is 2.02. The molecule has 0 amide bonds. The molecular formula is C15H13ClN6. The van der Waals surface area contributed by atoms with Crippen molar-refractivity contribution in [2.45, 2.75) is 6.54 Å². The molecule has 0 aliphatic carbocycles. The lowest BCUT2D eigenvalue weighted by Crippen LogP contribution is -2.07. The lowest BCUT2D eigenvalue weighted by atomic mass is 10.3. The molecular weight excluding hydrogens is 300 g/mol. The Labute approximate surface area is 132 Å². The number of pyridine rings is 1. The van der Waals surface area contributed by atoms with Crippen molar-refractivity contribution in [3.05, 3.63) is 65.6 Å². The van der Waals surface area contributed by atoms with E-state index in [2.05, 4.69) is 30.8 Å². The zero-order valence-corrected chi connectivity index (χ0v) is 12.3. The molecule has 1 aromatic carbocycles. The lowest BCUT2D eigenvalue weighted by Gasteiger charge is -2.07. The SMILES string of the molecule is Clc1cccc(Nc2cnnc(NCc3ccccn3)n2)c1. The van der Waals surface area contributed by atoms with Crippen molar-refractivity contribution in [1.29, 1.82) is 0 Å². The largest absolute Gasteiger partial charge is 0.347 e. The average Bonchev–Trinajstić information content (AvgIpc) is 2.54. The fourth-order valence-corrected chi connectivity index (χ4v) is 2.02. The quantitative estimate of drug-likeness (QED) is 0.753. The van der Waals surface area contributed by atoms with Gasteiger partial charge >= 0.3 is 0 Å². The number of halogens is 1. The van der Waals surface area contributed by atoms with Crippen molar-refractivity contribution in [1.82, 2.24) is 20.2 Å². The third-order valence-electron chi connectivity index (χ3n) is 2.81. The van der Waals surface area contributed by atoms with Crippen LogP contribution in [-0.2, 0) is 6.54 Å². The maximum absolute atomic E-state index is 5.95. The Morgan fingerprint density at radius 2 is 2.05 bits per heavy atom. The second-order valence-electron chi connectivity index (χ2n) is 4.48. The van der Waals surface area contributed by atoms with E-state index in [4.69, 9.17) is 11.6 Å². The van der Waals surface area contributed by atoms with Crippen LogP contribution in [0, 0.1) is 0 Å². The molecule has 22 heavy (non-hydrogen) atoms. The molecule has 0 saturated heterocycles. The molecule has 0 aliphatic heterocycles. The monoisotopic (exact) mass is 312 g/mol. The molecule has 2 aromatic heterocycles. The Balaban J connectivity index is 1.67. The predicted octanol–water partition coefficient (Wildman–Crippen LogP) is 3.28. The first kappa shape index (κ1) is 14.2. The van der Waals surface area contributed by atoms with Gasteiger partial charge in [-0.05, 0) is 30.3 Å². The van der Waals surface area contributed by atoms with E-state index in [1.807, 2.05) is 42.5 Å². The normalized spacial score (nSPS) is 10.2. The maximum atomic E-state index is 5.95. The molecule has 3 aromatic rings. The average molecular weight is 313 g/mol. The molecule has 2 N–H and O–H groups in total. The van der Waals surface area contributed by atoms with Gasteiger partial charge in [0, 0.05) is 16.9 Å². The molecule has 0 saturated carbocycles. The van der Waals surface area contributed by atoms with Crippen molar-refractivity contribution in [3.63, 3.8) is 0 Å². The second kappa shape index (κ2) is 6.82. The molecule has 0 fully saturated rings. The van der Waals surface area contributed by atoms with Gasteiger partial charge in [-0.15, -0.1) is 5.10 Å². The summed E-state index contributed by atoms with van der Waals surface area (Å²) in [5.41, 5.74) is 1.74. The first-order valence-electron chi connectivity index (χ1n) is 6.66. The van der Waals surface area contributed by atoms with E-state index in [1.165, 1.54) is 0 Å². The highest BCUT2D eigenvalue weighted by atomic mass is 35.5. The van der Waals surface area contributed by atoms with Crippen LogP contribution in [0.1, 0.15) is 5.69 Å². The minimum absolute atomic E-state index is 0.428. The number of hydrogen-bond donors (Lipinski definition) is 2. The van der Waals surface area contributed by atoms with Gasteiger partial charge in [0.15, 0.2) is 5.82 Å². The van der Waals surface area contributed by atoms with Crippen LogP contribution in [0.4, 0.5) is 17.5 Å². The Morgan fingerprint density at radius 1 is 1.09 bits per heavy atom. The Hall–Kier alpha value is -2.73. The molecule has 0 spiro atoms. The number of nitrogens with one attached hydrogen (secondary N) is 2. The third-order valence-corrected chi connectivity index (χ3v) is 3.04. The van der Waals surface area contributed by atoms with Gasteiger partial charge in [-0.2, -0.15) is 10.1 Å². The predicted molar refractivity (Wildman–Crippen MR) is 86.1 cm³/mol. The van der Waals surface area contributed by atoms with Gasteiger partial charge in [0.1, 0.15) is 0 Å². The number of nitrogens with zero attached hydrogens (tertiary/aromatic N) is 4. The van der Waals surface area contributed by atoms with E-state index in [1.54, 1.807) is 12.4 Å². The van der Waals surface area contributed by atoms with Gasteiger partial charge in [0.2, 0.25) is 5.95 Å². The highest BCUT2D eigenvalue weighted by Crippen LogP contribution is 2.18. The van der Waals surface area contributed by atoms with E-state index in [-0.39, 0.29) is 0 Å². The molecule has 0 atom stereocenters. The van der Waals surface area contributed by atoms with Gasteiger partial charge in [-0.25, -0.2) is 0 Å². The highest BCUT2D eigenvalue weighted by molar-refractivity contribution is 6.30. The van der Waals surface area contributed by atoms with Crippen molar-refractivity contribution >= 4 is 29.1 Å². The van der Waals surface area contributed by atoms with Crippen molar-refractivity contribution < 1.29 is 0 Å². The summed E-state index contributed by atoms with van der Waals surface area (Å²) in [5, 5.41) is 14.7. The molecule has 2 heterocycles. The van der Waals surface area contributed by atoms with Gasteiger partial charge in [0.25, 0.3) is 0 Å². The van der Waals surface area contributed by atoms with Crippen LogP contribution < -0.4 is 10.6 Å². The van der Waals surface area contributed by atoms with Crippen LogP contribution >= 0.6 is 11.6 Å². The number of rotatable bonds is 5. The minimum atomic E-state index is 0.428. The van der Waals surface area contributed by atoms with Crippen molar-refractivity contribution in [3.8, 4) is 0 Å². The van der Waals surface area contributed by atoms with Crippen molar-refractivity contribution in [2.24, 2.45) is 0 Å². The first-order chi connectivity index (χ1) is 10.8. The molecule has 0 aliphatic rings. The van der Waals surface area contributed by atoms with Gasteiger partial charge in [0.05, 0.1) is 18.4 Å². The Morgan fingerprint density at radius 3 is 2.86 bits per heavy atom. The zero-order chi connectivity index (χ0) is 15.2. The molecule has 3 rings (SSSR count). The molecule has 0 unspecified atom stereocenters. The van der Waals surface area contributed by atoms with Gasteiger partial charge in [-0.3, -0.25) is 4.98 Å². The number of anilines is 3. The number of aromatic nitrogens is 4. The standard InChI is InChI=1S/C15H13ClN6/c16-11-4-3-6-12(8-11)20-14-10-19-22-15(21-14)18-9-13-5-1-2-7-17-13/h1-8,10H,9H2,(H2,18,20,21,22). The minimum Gasteiger partial charge on any atom is -0.347 e. The summed E-state index contributed by atoms with van der Waals surface area (Å²) >= 11 is 5.95. The van der Waals surface area contributed by atoms with Gasteiger partial charge < -0.3 is 10.6 Å². The summed E-state index contributed by atoms with van der Waals surface area (Å²) in [6, 6.07) is 13.1. The van der Waals surface area contributed by atoms with Crippen LogP contribution in [0.3, 0.4) is 0 Å². The molecule has 7 heteroatoms. The summed E-state index contributed by atoms with van der Waals surface area (Å²) in [6.45, 7) is 0.531. The van der Waals surface area contributed by atoms with E-state index in [9.17, 15) is 0 Å². The molecule has 0 radical (unpaired) electrons. The lowest BCUT2D eigenvalue weighted by molar-refractivity contribution is 0.934. The number of benzene rings is 1. The van der Waals surface area contributed by atoms with Crippen LogP contribution in [-0.4, -0.2) is 20.2 Å². The third kappa shape index (κ3) is 3.89. The second-order valence-corrected chi connectivity index (χ2v) is 4.91. The summed E-state index contributed by atoms with van der Waals surface area (Å²) in [7, 11) is 0. The fraction of sp³-hybridized carbons (Fsp3) is 0.0667. The van der Waals surface area contributed by atoms with E-state index in [0.717, 1.165) is 11.4 Å². The smallest absolute Gasteiger partial charge is 0.245 e. The van der Waals surface area contributed by atoms with Crippen LogP contribution in [0.15, 0.2) is 54.9 Å². The molecule has 6 nitrogen and oxygen atoms in total. The fourth-order valence-electron chi connectivity index (χ4n) is 1.83. The van der Waals surface area contributed by atoms with E-state index in [0.29, 0.717) is 23.3 Å². The van der Waals surface area contributed by atoms with Crippen LogP contribution in [0.25, 0.3) is 0 Å². The summed E-state index contributed by atoms with van der Waals surface area (Å²) in [6.07, 6.45) is 3.29. The zero-order valence-electron chi connectivity index (χ0n) is 11.6. The van der Waals surface area contributed by atoms with Crippen LogP contribution in [0.5, 0.6) is 0 Å². The number of hydrogen-bond acceptors (Lipinski definition) is 6. The van der Waals surface area contributed by atoms with E-state index >= 15 is 0 Å². The molecule has 0 bridgehead atoms. The Kier molecular flexibility index (Phi) is 4.41. The topological polar surface area (TPSA) is 75.6 Å². The first-order valence-corrected chi connectivity index (χ1v) is 7.03. The van der Waals surface area contributed by atoms with Crippen LogP contribution in [0.2, 0.25) is 5.02 Å². The van der Waals surface area contributed by atoms with Crippen molar-refractivity contribution in [2.75, 3.05) is 10.6 Å². The molecule has 110 valence electrons. The Bertz CT molecular complexity index is 750. The maximum Gasteiger partial charge on any atom is 0.245 e. The summed E-state index contributed by atoms with van der Waals surface area (Å²) in [5.74, 6) is 1.01. The van der Waals surface area contributed by atoms with Gasteiger partial charge in [-0.1, -0.05) is 23.7 Å². The van der Waals surface area contributed by atoms with E-state index < -0.39 is 0 Å². The summed E-state index contributed by atoms with van der Waals surface area (Å²) in [4.78, 5) is 8.57. The summed E-state index contributed by atoms with van der Waals surface area (Å²) < 4.78 is 0.